The van der Waals surface area contributed by atoms with Crippen LogP contribution in [-0.4, -0.2) is 29.0 Å². The van der Waals surface area contributed by atoms with Crippen LogP contribution in [0.1, 0.15) is 23.9 Å². The number of thiazole rings is 1. The number of aromatic nitrogens is 1. The first kappa shape index (κ1) is 11.0. The van der Waals surface area contributed by atoms with Crippen LogP contribution >= 0.6 is 11.3 Å². The first-order valence-electron chi connectivity index (χ1n) is 5.53. The van der Waals surface area contributed by atoms with Crippen LogP contribution in [-0.2, 0) is 6.54 Å². The number of nitrogens with two attached hydrogens (primary N) is 1. The van der Waals surface area contributed by atoms with Gasteiger partial charge in [-0.2, -0.15) is 0 Å². The third kappa shape index (κ3) is 2.38. The zero-order chi connectivity index (χ0) is 10.8. The molecule has 0 aromatic carbocycles. The van der Waals surface area contributed by atoms with Gasteiger partial charge in [0, 0.05) is 24.0 Å². The Balaban J connectivity index is 1.98. The Labute approximate surface area is 95.3 Å². The van der Waals surface area contributed by atoms with Crippen molar-refractivity contribution in [1.82, 2.24) is 9.88 Å². The van der Waals surface area contributed by atoms with Gasteiger partial charge in [-0.25, -0.2) is 4.98 Å². The van der Waals surface area contributed by atoms with Gasteiger partial charge in [-0.05, 0) is 32.7 Å². The maximum absolute atomic E-state index is 5.73. The average molecular weight is 225 g/mol. The van der Waals surface area contributed by atoms with Gasteiger partial charge in [-0.3, -0.25) is 4.90 Å². The molecule has 1 aromatic rings. The van der Waals surface area contributed by atoms with Crippen LogP contribution < -0.4 is 5.73 Å². The number of nitrogens with zero attached hydrogens (tertiary/aromatic N) is 2. The predicted molar refractivity (Wildman–Crippen MR) is 63.9 cm³/mol. The van der Waals surface area contributed by atoms with E-state index < -0.39 is 0 Å². The lowest BCUT2D eigenvalue weighted by Gasteiger charge is -2.20. The van der Waals surface area contributed by atoms with Crippen molar-refractivity contribution in [1.29, 1.82) is 0 Å². The van der Waals surface area contributed by atoms with Gasteiger partial charge in [0.2, 0.25) is 0 Å². The summed E-state index contributed by atoms with van der Waals surface area (Å²) >= 11 is 1.76. The number of aryl methyl sites for hydroxylation is 1. The van der Waals surface area contributed by atoms with E-state index in [1.807, 2.05) is 5.51 Å². The second-order valence-corrected chi connectivity index (χ2v) is 5.42. The first-order valence-corrected chi connectivity index (χ1v) is 6.41. The fraction of sp³-hybridized carbons (Fsp3) is 0.727. The quantitative estimate of drug-likeness (QED) is 0.850. The Morgan fingerprint density at radius 3 is 3.00 bits per heavy atom. The van der Waals surface area contributed by atoms with Gasteiger partial charge in [0.1, 0.15) is 0 Å². The third-order valence-corrected chi connectivity index (χ3v) is 4.24. The van der Waals surface area contributed by atoms with Crippen LogP contribution in [0.15, 0.2) is 5.51 Å². The summed E-state index contributed by atoms with van der Waals surface area (Å²) in [4.78, 5) is 8.22. The van der Waals surface area contributed by atoms with Gasteiger partial charge in [-0.15, -0.1) is 11.3 Å². The molecule has 3 nitrogen and oxygen atoms in total. The van der Waals surface area contributed by atoms with Crippen LogP contribution in [0.4, 0.5) is 0 Å². The van der Waals surface area contributed by atoms with Crippen LogP contribution in [0.25, 0.3) is 0 Å². The summed E-state index contributed by atoms with van der Waals surface area (Å²) < 4.78 is 0. The molecular formula is C11H19N3S. The number of hydrogen-bond acceptors (Lipinski definition) is 4. The van der Waals surface area contributed by atoms with Crippen molar-refractivity contribution >= 4 is 11.3 Å². The summed E-state index contributed by atoms with van der Waals surface area (Å²) in [5, 5.41) is 0. The minimum absolute atomic E-state index is 0.667. The van der Waals surface area contributed by atoms with Gasteiger partial charge in [0.25, 0.3) is 0 Å². The molecule has 15 heavy (non-hydrogen) atoms. The molecule has 1 aliphatic heterocycles. The number of rotatable bonds is 3. The molecule has 84 valence electrons. The fourth-order valence-corrected chi connectivity index (χ4v) is 3.07. The molecule has 0 aliphatic carbocycles. The van der Waals surface area contributed by atoms with Crippen LogP contribution in [0, 0.1) is 12.8 Å². The Hall–Kier alpha value is -0.450. The maximum Gasteiger partial charge on any atom is 0.0798 e. The highest BCUT2D eigenvalue weighted by atomic mass is 32.1. The van der Waals surface area contributed by atoms with Crippen molar-refractivity contribution in [3.05, 3.63) is 16.1 Å². The normalized spacial score (nSPS) is 27.4. The molecule has 0 radical (unpaired) electrons. The lowest BCUT2D eigenvalue weighted by molar-refractivity contribution is 0.257. The largest absolute Gasteiger partial charge is 0.330 e. The van der Waals surface area contributed by atoms with Crippen molar-refractivity contribution < 1.29 is 0 Å². The van der Waals surface area contributed by atoms with E-state index in [0.717, 1.165) is 19.6 Å². The van der Waals surface area contributed by atoms with Gasteiger partial charge in [0.05, 0.1) is 11.2 Å². The zero-order valence-corrected chi connectivity index (χ0v) is 10.3. The Morgan fingerprint density at radius 1 is 1.67 bits per heavy atom. The summed E-state index contributed by atoms with van der Waals surface area (Å²) in [5.41, 5.74) is 8.85. The van der Waals surface area contributed by atoms with E-state index >= 15 is 0 Å². The minimum Gasteiger partial charge on any atom is -0.330 e. The molecule has 2 unspecified atom stereocenters. The van der Waals surface area contributed by atoms with Crippen LogP contribution in [0.5, 0.6) is 0 Å². The lowest BCUT2D eigenvalue weighted by atomic mass is 10.1. The highest BCUT2D eigenvalue weighted by molar-refractivity contribution is 7.09. The molecule has 0 saturated carbocycles. The Morgan fingerprint density at radius 2 is 2.47 bits per heavy atom. The van der Waals surface area contributed by atoms with Gasteiger partial charge < -0.3 is 5.73 Å². The summed E-state index contributed by atoms with van der Waals surface area (Å²) in [6.07, 6.45) is 1.24. The van der Waals surface area contributed by atoms with E-state index in [1.165, 1.54) is 17.0 Å². The molecule has 0 bridgehead atoms. The molecule has 2 atom stereocenters. The minimum atomic E-state index is 0.667. The SMILES string of the molecule is Cc1ncsc1CN1CC(CN)CC1C. The first-order chi connectivity index (χ1) is 7.20. The lowest BCUT2D eigenvalue weighted by Crippen LogP contribution is -2.27. The Bertz CT molecular complexity index is 323. The van der Waals surface area contributed by atoms with Crippen molar-refractivity contribution in [2.75, 3.05) is 13.1 Å². The van der Waals surface area contributed by atoms with Crippen LogP contribution in [0.2, 0.25) is 0 Å². The Kier molecular flexibility index (Phi) is 3.38. The molecule has 4 heteroatoms. The fourth-order valence-electron chi connectivity index (χ4n) is 2.27. The average Bonchev–Trinajstić information content (AvgIpc) is 2.76. The second kappa shape index (κ2) is 4.60. The molecule has 0 amide bonds. The van der Waals surface area contributed by atoms with E-state index in [9.17, 15) is 0 Å². The standard InChI is InChI=1S/C11H19N3S/c1-8-3-10(4-12)5-14(8)6-11-9(2)13-7-15-11/h7-8,10H,3-6,12H2,1-2H3. The van der Waals surface area contributed by atoms with Crippen LogP contribution in [0.3, 0.4) is 0 Å². The smallest absolute Gasteiger partial charge is 0.0798 e. The summed E-state index contributed by atoms with van der Waals surface area (Å²) in [6.45, 7) is 7.41. The topological polar surface area (TPSA) is 42.2 Å². The number of hydrogen-bond donors (Lipinski definition) is 1. The molecule has 1 aliphatic rings. The summed E-state index contributed by atoms with van der Waals surface area (Å²) in [5.74, 6) is 0.688. The van der Waals surface area contributed by atoms with Crippen molar-refractivity contribution in [2.45, 2.75) is 32.9 Å². The highest BCUT2D eigenvalue weighted by Crippen LogP contribution is 2.25. The maximum atomic E-state index is 5.73. The van der Waals surface area contributed by atoms with E-state index in [1.54, 1.807) is 11.3 Å². The zero-order valence-electron chi connectivity index (χ0n) is 9.44. The van der Waals surface area contributed by atoms with Crippen molar-refractivity contribution in [3.63, 3.8) is 0 Å². The monoisotopic (exact) mass is 225 g/mol. The molecule has 2 N–H and O–H groups in total. The van der Waals surface area contributed by atoms with E-state index in [2.05, 4.69) is 23.7 Å². The molecule has 1 fully saturated rings. The van der Waals surface area contributed by atoms with Gasteiger partial charge in [0.15, 0.2) is 0 Å². The molecule has 2 heterocycles. The summed E-state index contributed by atoms with van der Waals surface area (Å²) in [7, 11) is 0. The van der Waals surface area contributed by atoms with E-state index in [-0.39, 0.29) is 0 Å². The van der Waals surface area contributed by atoms with Crippen molar-refractivity contribution in [3.8, 4) is 0 Å². The molecule has 2 rings (SSSR count). The number of likely N-dealkylation sites (tertiary alicyclic amines) is 1. The second-order valence-electron chi connectivity index (χ2n) is 4.48. The van der Waals surface area contributed by atoms with Gasteiger partial charge in [-0.1, -0.05) is 0 Å². The molecule has 1 saturated heterocycles. The van der Waals surface area contributed by atoms with Crippen molar-refractivity contribution in [2.24, 2.45) is 11.7 Å². The summed E-state index contributed by atoms with van der Waals surface area (Å²) in [6, 6.07) is 0.667. The van der Waals surface area contributed by atoms with E-state index in [4.69, 9.17) is 5.73 Å². The van der Waals surface area contributed by atoms with Gasteiger partial charge >= 0.3 is 0 Å². The molecule has 0 spiro atoms. The van der Waals surface area contributed by atoms with E-state index in [0.29, 0.717) is 12.0 Å². The molecular weight excluding hydrogens is 206 g/mol. The predicted octanol–water partition coefficient (Wildman–Crippen LogP) is 1.62. The highest BCUT2D eigenvalue weighted by Gasteiger charge is 2.28. The third-order valence-electron chi connectivity index (χ3n) is 3.32. The molecule has 1 aromatic heterocycles.